The Morgan fingerprint density at radius 2 is 1.50 bits per heavy atom. The maximum Gasteiger partial charge on any atom is 0.338 e. The lowest BCUT2D eigenvalue weighted by molar-refractivity contribution is 0.0474. The standard InChI is InChI=1S/C21H34O3/c1-2-3-4-5-6-7-8-12-16-20(22)17-13-18-24-21(23)19-14-10-9-11-15-19/h9-11,14-15,20,22H,2-8,12-13,16-18H2,1H3. The average Bonchev–Trinajstić information content (AvgIpc) is 2.61. The molecule has 0 bridgehead atoms. The van der Waals surface area contributed by atoms with Gasteiger partial charge in [-0.3, -0.25) is 0 Å². The van der Waals surface area contributed by atoms with E-state index in [1.54, 1.807) is 12.1 Å². The molecule has 0 aliphatic carbocycles. The highest BCUT2D eigenvalue weighted by Gasteiger charge is 2.07. The van der Waals surface area contributed by atoms with Crippen LogP contribution in [-0.2, 0) is 4.74 Å². The third kappa shape index (κ3) is 10.4. The number of ether oxygens (including phenoxy) is 1. The Morgan fingerprint density at radius 3 is 2.17 bits per heavy atom. The van der Waals surface area contributed by atoms with Crippen LogP contribution in [0.3, 0.4) is 0 Å². The van der Waals surface area contributed by atoms with Crippen molar-refractivity contribution in [3.05, 3.63) is 35.9 Å². The molecule has 1 aromatic rings. The smallest absolute Gasteiger partial charge is 0.338 e. The van der Waals surface area contributed by atoms with Crippen molar-refractivity contribution in [2.24, 2.45) is 0 Å². The van der Waals surface area contributed by atoms with Crippen LogP contribution in [0.15, 0.2) is 30.3 Å². The molecule has 3 heteroatoms. The summed E-state index contributed by atoms with van der Waals surface area (Å²) in [4.78, 5) is 11.7. The number of carbonyl (C=O) groups is 1. The summed E-state index contributed by atoms with van der Waals surface area (Å²) in [6.45, 7) is 2.62. The summed E-state index contributed by atoms with van der Waals surface area (Å²) in [6.07, 6.45) is 12.3. The molecule has 1 rings (SSSR count). The molecule has 0 aromatic heterocycles. The van der Waals surface area contributed by atoms with E-state index in [9.17, 15) is 9.90 Å². The van der Waals surface area contributed by atoms with Gasteiger partial charge < -0.3 is 9.84 Å². The van der Waals surface area contributed by atoms with E-state index in [1.807, 2.05) is 18.2 Å². The van der Waals surface area contributed by atoms with Crippen molar-refractivity contribution in [3.8, 4) is 0 Å². The van der Waals surface area contributed by atoms with Crippen LogP contribution in [0, 0.1) is 0 Å². The Labute approximate surface area is 147 Å². The number of rotatable bonds is 14. The van der Waals surface area contributed by atoms with Crippen molar-refractivity contribution in [2.75, 3.05) is 6.61 Å². The second-order valence-electron chi connectivity index (χ2n) is 6.56. The number of aliphatic hydroxyl groups excluding tert-OH is 1. The summed E-state index contributed by atoms with van der Waals surface area (Å²) in [5.41, 5.74) is 0.581. The first-order chi connectivity index (χ1) is 11.7. The third-order valence-electron chi connectivity index (χ3n) is 4.32. The zero-order chi connectivity index (χ0) is 17.5. The number of esters is 1. The van der Waals surface area contributed by atoms with Crippen LogP contribution in [0.5, 0.6) is 0 Å². The van der Waals surface area contributed by atoms with Gasteiger partial charge in [-0.05, 0) is 31.4 Å². The van der Waals surface area contributed by atoms with Crippen LogP contribution in [0.25, 0.3) is 0 Å². The van der Waals surface area contributed by atoms with Crippen molar-refractivity contribution in [2.45, 2.75) is 83.7 Å². The zero-order valence-electron chi connectivity index (χ0n) is 15.2. The van der Waals surface area contributed by atoms with Gasteiger partial charge >= 0.3 is 5.97 Å². The highest BCUT2D eigenvalue weighted by Crippen LogP contribution is 2.12. The molecule has 1 unspecified atom stereocenters. The van der Waals surface area contributed by atoms with Gasteiger partial charge in [0.2, 0.25) is 0 Å². The van der Waals surface area contributed by atoms with E-state index in [4.69, 9.17) is 4.74 Å². The van der Waals surface area contributed by atoms with Gasteiger partial charge in [-0.2, -0.15) is 0 Å². The third-order valence-corrected chi connectivity index (χ3v) is 4.32. The summed E-state index contributed by atoms with van der Waals surface area (Å²) >= 11 is 0. The van der Waals surface area contributed by atoms with Crippen LogP contribution < -0.4 is 0 Å². The first-order valence-corrected chi connectivity index (χ1v) is 9.64. The molecule has 0 heterocycles. The van der Waals surface area contributed by atoms with Crippen LogP contribution in [-0.4, -0.2) is 23.8 Å². The van der Waals surface area contributed by atoms with Crippen LogP contribution >= 0.6 is 0 Å². The monoisotopic (exact) mass is 334 g/mol. The maximum atomic E-state index is 11.7. The molecule has 0 fully saturated rings. The Hall–Kier alpha value is -1.35. The second kappa shape index (κ2) is 14.0. The van der Waals surface area contributed by atoms with Gasteiger partial charge in [0.05, 0.1) is 18.3 Å². The summed E-state index contributed by atoms with van der Waals surface area (Å²) in [5, 5.41) is 9.96. The molecule has 24 heavy (non-hydrogen) atoms. The summed E-state index contributed by atoms with van der Waals surface area (Å²) in [7, 11) is 0. The van der Waals surface area contributed by atoms with Crippen LogP contribution in [0.2, 0.25) is 0 Å². The Balaban J connectivity index is 1.93. The first-order valence-electron chi connectivity index (χ1n) is 9.64. The van der Waals surface area contributed by atoms with Crippen molar-refractivity contribution < 1.29 is 14.6 Å². The molecule has 0 amide bonds. The topological polar surface area (TPSA) is 46.5 Å². The molecular weight excluding hydrogens is 300 g/mol. The molecule has 0 saturated carbocycles. The quantitative estimate of drug-likeness (QED) is 0.360. The van der Waals surface area contributed by atoms with E-state index in [2.05, 4.69) is 6.92 Å². The molecule has 0 aliphatic rings. The lowest BCUT2D eigenvalue weighted by atomic mass is 10.0. The molecule has 1 aromatic carbocycles. The minimum absolute atomic E-state index is 0.263. The minimum Gasteiger partial charge on any atom is -0.462 e. The summed E-state index contributed by atoms with van der Waals surface area (Å²) in [5.74, 6) is -0.284. The number of unbranched alkanes of at least 4 members (excludes halogenated alkanes) is 7. The molecule has 136 valence electrons. The van der Waals surface area contributed by atoms with E-state index in [0.29, 0.717) is 18.6 Å². The Kier molecular flexibility index (Phi) is 12.1. The normalized spacial score (nSPS) is 12.1. The van der Waals surface area contributed by atoms with E-state index in [0.717, 1.165) is 19.3 Å². The maximum absolute atomic E-state index is 11.7. The van der Waals surface area contributed by atoms with Crippen molar-refractivity contribution in [3.63, 3.8) is 0 Å². The average molecular weight is 334 g/mol. The van der Waals surface area contributed by atoms with E-state index in [-0.39, 0.29) is 12.1 Å². The number of aliphatic hydroxyl groups is 1. The SMILES string of the molecule is CCCCCCCCCCC(O)CCCOC(=O)c1ccccc1. The van der Waals surface area contributed by atoms with E-state index in [1.165, 1.54) is 44.9 Å². The number of benzene rings is 1. The van der Waals surface area contributed by atoms with E-state index < -0.39 is 0 Å². The minimum atomic E-state index is -0.284. The molecule has 0 saturated heterocycles. The molecule has 0 aliphatic heterocycles. The fourth-order valence-electron chi connectivity index (χ4n) is 2.80. The molecule has 1 N–H and O–H groups in total. The number of hydrogen-bond donors (Lipinski definition) is 1. The molecule has 0 radical (unpaired) electrons. The Bertz CT molecular complexity index is 416. The van der Waals surface area contributed by atoms with Gasteiger partial charge in [-0.25, -0.2) is 4.79 Å². The molecule has 1 atom stereocenters. The van der Waals surface area contributed by atoms with Crippen LogP contribution in [0.4, 0.5) is 0 Å². The predicted octanol–water partition coefficient (Wildman–Crippen LogP) is 5.52. The van der Waals surface area contributed by atoms with E-state index >= 15 is 0 Å². The fourth-order valence-corrected chi connectivity index (χ4v) is 2.80. The lowest BCUT2D eigenvalue weighted by Crippen LogP contribution is -2.10. The zero-order valence-corrected chi connectivity index (χ0v) is 15.2. The van der Waals surface area contributed by atoms with Gasteiger partial charge in [0.15, 0.2) is 0 Å². The lowest BCUT2D eigenvalue weighted by Gasteiger charge is -2.10. The van der Waals surface area contributed by atoms with Gasteiger partial charge in [0, 0.05) is 0 Å². The molecule has 0 spiro atoms. The van der Waals surface area contributed by atoms with Crippen molar-refractivity contribution in [1.82, 2.24) is 0 Å². The van der Waals surface area contributed by atoms with Gasteiger partial charge in [0.1, 0.15) is 0 Å². The van der Waals surface area contributed by atoms with Crippen molar-refractivity contribution >= 4 is 5.97 Å². The number of hydrogen-bond acceptors (Lipinski definition) is 3. The highest BCUT2D eigenvalue weighted by molar-refractivity contribution is 5.89. The molecule has 3 nitrogen and oxygen atoms in total. The Morgan fingerprint density at radius 1 is 0.917 bits per heavy atom. The molecular formula is C21H34O3. The van der Waals surface area contributed by atoms with Crippen molar-refractivity contribution in [1.29, 1.82) is 0 Å². The predicted molar refractivity (Wildman–Crippen MR) is 99.2 cm³/mol. The van der Waals surface area contributed by atoms with Gasteiger partial charge in [0.25, 0.3) is 0 Å². The largest absolute Gasteiger partial charge is 0.462 e. The fraction of sp³-hybridized carbons (Fsp3) is 0.667. The highest BCUT2D eigenvalue weighted by atomic mass is 16.5. The first kappa shape index (κ1) is 20.7. The van der Waals surface area contributed by atoms with Gasteiger partial charge in [-0.1, -0.05) is 76.5 Å². The van der Waals surface area contributed by atoms with Gasteiger partial charge in [-0.15, -0.1) is 0 Å². The second-order valence-corrected chi connectivity index (χ2v) is 6.56. The number of carbonyl (C=O) groups excluding carboxylic acids is 1. The summed E-state index contributed by atoms with van der Waals surface area (Å²) < 4.78 is 5.22. The summed E-state index contributed by atoms with van der Waals surface area (Å²) in [6, 6.07) is 9.02. The van der Waals surface area contributed by atoms with Crippen LogP contribution in [0.1, 0.15) is 87.9 Å².